The van der Waals surface area contributed by atoms with Crippen molar-refractivity contribution < 1.29 is 24.0 Å². The molecule has 0 spiro atoms. The monoisotopic (exact) mass is 282 g/mol. The van der Waals surface area contributed by atoms with Crippen LogP contribution in [0.1, 0.15) is 37.0 Å². The minimum Gasteiger partial charge on any atom is -0.494 e. The van der Waals surface area contributed by atoms with Crippen molar-refractivity contribution in [3.05, 3.63) is 29.8 Å². The molecule has 0 saturated carbocycles. The molecule has 1 aromatic carbocycles. The van der Waals surface area contributed by atoms with Crippen molar-refractivity contribution >= 4 is 5.97 Å². The minimum absolute atomic E-state index is 0.0729. The SMILES string of the molecule is CCCOc1ccc(C(=O)OOCCC(C)OC)cc1. The van der Waals surface area contributed by atoms with Gasteiger partial charge in [-0.1, -0.05) is 6.92 Å². The van der Waals surface area contributed by atoms with Gasteiger partial charge in [-0.3, -0.25) is 4.89 Å². The largest absolute Gasteiger partial charge is 0.494 e. The zero-order chi connectivity index (χ0) is 14.8. The quantitative estimate of drug-likeness (QED) is 0.396. The molecule has 1 unspecified atom stereocenters. The Kier molecular flexibility index (Phi) is 7.69. The minimum atomic E-state index is -0.517. The van der Waals surface area contributed by atoms with Crippen LogP contribution in [0.5, 0.6) is 5.75 Å². The highest BCUT2D eigenvalue weighted by atomic mass is 17.2. The van der Waals surface area contributed by atoms with Crippen LogP contribution in [-0.2, 0) is 14.5 Å². The van der Waals surface area contributed by atoms with Crippen molar-refractivity contribution in [2.24, 2.45) is 0 Å². The van der Waals surface area contributed by atoms with E-state index in [1.165, 1.54) is 0 Å². The first-order valence-electron chi connectivity index (χ1n) is 6.76. The maximum absolute atomic E-state index is 11.7. The zero-order valence-electron chi connectivity index (χ0n) is 12.3. The standard InChI is InChI=1S/C15H22O5/c1-4-10-18-14-7-5-13(6-8-14)15(16)20-19-11-9-12(2)17-3/h5-8,12H,4,9-11H2,1-3H3. The van der Waals surface area contributed by atoms with Gasteiger partial charge in [0, 0.05) is 13.5 Å². The van der Waals surface area contributed by atoms with E-state index < -0.39 is 5.97 Å². The van der Waals surface area contributed by atoms with Gasteiger partial charge in [-0.25, -0.2) is 4.79 Å². The fraction of sp³-hybridized carbons (Fsp3) is 0.533. The molecule has 0 saturated heterocycles. The highest BCUT2D eigenvalue weighted by Crippen LogP contribution is 2.13. The molecular formula is C15H22O5. The molecule has 0 aliphatic heterocycles. The normalized spacial score (nSPS) is 11.9. The van der Waals surface area contributed by atoms with Crippen molar-refractivity contribution in [2.45, 2.75) is 32.8 Å². The van der Waals surface area contributed by atoms with Gasteiger partial charge in [0.1, 0.15) is 5.75 Å². The third kappa shape index (κ3) is 6.04. The van der Waals surface area contributed by atoms with Crippen LogP contribution in [0.3, 0.4) is 0 Å². The molecule has 0 bridgehead atoms. The summed E-state index contributed by atoms with van der Waals surface area (Å²) in [6, 6.07) is 6.77. The lowest BCUT2D eigenvalue weighted by Crippen LogP contribution is -2.12. The first-order valence-corrected chi connectivity index (χ1v) is 6.76. The van der Waals surface area contributed by atoms with E-state index >= 15 is 0 Å². The van der Waals surface area contributed by atoms with E-state index in [4.69, 9.17) is 19.2 Å². The maximum Gasteiger partial charge on any atom is 0.373 e. The second-order valence-corrected chi connectivity index (χ2v) is 4.40. The molecule has 0 aromatic heterocycles. The predicted octanol–water partition coefficient (Wildman–Crippen LogP) is 2.99. The summed E-state index contributed by atoms with van der Waals surface area (Å²) in [6.45, 7) is 4.91. The van der Waals surface area contributed by atoms with E-state index in [-0.39, 0.29) is 6.10 Å². The van der Waals surface area contributed by atoms with Crippen molar-refractivity contribution in [3.63, 3.8) is 0 Å². The fourth-order valence-corrected chi connectivity index (χ4v) is 1.38. The lowest BCUT2D eigenvalue weighted by Gasteiger charge is -2.09. The number of benzene rings is 1. The van der Waals surface area contributed by atoms with E-state index in [0.717, 1.165) is 12.2 Å². The van der Waals surface area contributed by atoms with E-state index in [1.54, 1.807) is 31.4 Å². The Balaban J connectivity index is 2.32. The number of hydrogen-bond donors (Lipinski definition) is 0. The van der Waals surface area contributed by atoms with Gasteiger partial charge in [0.15, 0.2) is 0 Å². The van der Waals surface area contributed by atoms with Crippen LogP contribution in [0.25, 0.3) is 0 Å². The highest BCUT2D eigenvalue weighted by Gasteiger charge is 2.09. The summed E-state index contributed by atoms with van der Waals surface area (Å²) in [4.78, 5) is 21.2. The van der Waals surface area contributed by atoms with Crippen LogP contribution in [-0.4, -0.2) is 32.4 Å². The lowest BCUT2D eigenvalue weighted by atomic mass is 10.2. The van der Waals surface area contributed by atoms with Gasteiger partial charge in [-0.05, 0) is 37.6 Å². The predicted molar refractivity (Wildman–Crippen MR) is 74.7 cm³/mol. The summed E-state index contributed by atoms with van der Waals surface area (Å²) < 4.78 is 10.5. The topological polar surface area (TPSA) is 54.0 Å². The van der Waals surface area contributed by atoms with Gasteiger partial charge < -0.3 is 9.47 Å². The van der Waals surface area contributed by atoms with Crippen molar-refractivity contribution in [3.8, 4) is 5.75 Å². The molecule has 0 fully saturated rings. The molecule has 0 amide bonds. The van der Waals surface area contributed by atoms with Crippen LogP contribution < -0.4 is 4.74 Å². The molecule has 5 nitrogen and oxygen atoms in total. The number of methoxy groups -OCH3 is 1. The molecule has 0 heterocycles. The average Bonchev–Trinajstić information content (AvgIpc) is 2.49. The molecule has 0 aliphatic rings. The third-order valence-corrected chi connectivity index (χ3v) is 2.71. The summed E-state index contributed by atoms with van der Waals surface area (Å²) in [5.41, 5.74) is 0.425. The zero-order valence-corrected chi connectivity index (χ0v) is 12.3. The number of carbonyl (C=O) groups excluding carboxylic acids is 1. The molecule has 0 radical (unpaired) electrons. The molecule has 112 valence electrons. The molecule has 20 heavy (non-hydrogen) atoms. The van der Waals surface area contributed by atoms with E-state index in [1.807, 2.05) is 13.8 Å². The number of ether oxygens (including phenoxy) is 2. The fourth-order valence-electron chi connectivity index (χ4n) is 1.38. The van der Waals surface area contributed by atoms with Crippen molar-refractivity contribution in [1.29, 1.82) is 0 Å². The van der Waals surface area contributed by atoms with E-state index in [0.29, 0.717) is 25.2 Å². The summed E-state index contributed by atoms with van der Waals surface area (Å²) in [5.74, 6) is 0.218. The highest BCUT2D eigenvalue weighted by molar-refractivity contribution is 5.89. The second-order valence-electron chi connectivity index (χ2n) is 4.40. The summed E-state index contributed by atoms with van der Waals surface area (Å²) in [6.07, 6.45) is 1.68. The molecule has 0 aliphatic carbocycles. The smallest absolute Gasteiger partial charge is 0.373 e. The average molecular weight is 282 g/mol. The van der Waals surface area contributed by atoms with Gasteiger partial charge >= 0.3 is 5.97 Å². The van der Waals surface area contributed by atoms with Crippen LogP contribution in [0.4, 0.5) is 0 Å². The first-order chi connectivity index (χ1) is 9.67. The molecule has 1 aromatic rings. The molecule has 0 N–H and O–H groups in total. The van der Waals surface area contributed by atoms with E-state index in [2.05, 4.69) is 0 Å². The Morgan fingerprint density at radius 2 is 1.90 bits per heavy atom. The Morgan fingerprint density at radius 1 is 1.20 bits per heavy atom. The molecule has 5 heteroatoms. The van der Waals surface area contributed by atoms with Crippen molar-refractivity contribution in [1.82, 2.24) is 0 Å². The Labute approximate surface area is 119 Å². The van der Waals surface area contributed by atoms with Gasteiger partial charge in [0.25, 0.3) is 0 Å². The summed E-state index contributed by atoms with van der Waals surface area (Å²) >= 11 is 0. The van der Waals surface area contributed by atoms with Crippen LogP contribution in [0.2, 0.25) is 0 Å². The van der Waals surface area contributed by atoms with Gasteiger partial charge in [-0.2, -0.15) is 4.89 Å². The summed E-state index contributed by atoms with van der Waals surface area (Å²) in [7, 11) is 1.62. The van der Waals surface area contributed by atoms with Crippen LogP contribution in [0.15, 0.2) is 24.3 Å². The van der Waals surface area contributed by atoms with Gasteiger partial charge in [0.2, 0.25) is 0 Å². The number of carbonyl (C=O) groups is 1. The van der Waals surface area contributed by atoms with Crippen LogP contribution in [0, 0.1) is 0 Å². The first kappa shape index (κ1) is 16.5. The number of rotatable bonds is 9. The van der Waals surface area contributed by atoms with Gasteiger partial charge in [0.05, 0.1) is 24.9 Å². The Morgan fingerprint density at radius 3 is 2.50 bits per heavy atom. The van der Waals surface area contributed by atoms with Crippen molar-refractivity contribution in [2.75, 3.05) is 20.3 Å². The van der Waals surface area contributed by atoms with Gasteiger partial charge in [-0.15, -0.1) is 0 Å². The summed E-state index contributed by atoms with van der Waals surface area (Å²) in [5, 5.41) is 0. The molecule has 1 rings (SSSR count). The maximum atomic E-state index is 11.7. The molecular weight excluding hydrogens is 260 g/mol. The molecule has 1 atom stereocenters. The Hall–Kier alpha value is -1.59. The number of hydrogen-bond acceptors (Lipinski definition) is 5. The third-order valence-electron chi connectivity index (χ3n) is 2.71. The van der Waals surface area contributed by atoms with E-state index in [9.17, 15) is 4.79 Å². The van der Waals surface area contributed by atoms with Crippen LogP contribution >= 0.6 is 0 Å². The lowest BCUT2D eigenvalue weighted by molar-refractivity contribution is -0.244. The Bertz CT molecular complexity index is 388. The second kappa shape index (κ2) is 9.34.